The topological polar surface area (TPSA) is 34.2 Å². The van der Waals surface area contributed by atoms with Crippen molar-refractivity contribution in [3.8, 4) is 34.5 Å². The van der Waals surface area contributed by atoms with Crippen molar-refractivity contribution in [3.05, 3.63) is 88.5 Å². The van der Waals surface area contributed by atoms with Crippen molar-refractivity contribution in [3.63, 3.8) is 0 Å². The summed E-state index contributed by atoms with van der Waals surface area (Å²) in [5, 5.41) is 3.37. The number of fused-ring (bicyclic) bond motifs is 6. The SMILES string of the molecule is CC(C)(C)c1ccc2c(c1)Oc1c(C(C)(C)C)cc3c4c1N2c1cc(C(C)(C)C)cc2c1P4(=S)c1c(cc(C(C)(C)C)c4c1N2c1ccc(C(C)(C)C)cc1O4)O3. The number of hydrogen-bond donors (Lipinski definition) is 0. The van der Waals surface area contributed by atoms with E-state index >= 15 is 0 Å². The van der Waals surface area contributed by atoms with Gasteiger partial charge in [0, 0.05) is 16.4 Å². The van der Waals surface area contributed by atoms with Gasteiger partial charge in [-0.3, -0.25) is 0 Å². The molecule has 5 aliphatic heterocycles. The van der Waals surface area contributed by atoms with Crippen LogP contribution in [0.15, 0.2) is 60.7 Å². The van der Waals surface area contributed by atoms with E-state index in [2.05, 4.69) is 174 Å². The fourth-order valence-electron chi connectivity index (χ4n) is 9.34. The molecule has 0 bridgehead atoms. The van der Waals surface area contributed by atoms with Crippen molar-refractivity contribution in [2.75, 3.05) is 9.80 Å². The highest BCUT2D eigenvalue weighted by atomic mass is 32.4. The molecule has 0 unspecified atom stereocenters. The number of anilines is 6. The summed E-state index contributed by atoms with van der Waals surface area (Å²) in [5.74, 6) is 5.17. The summed E-state index contributed by atoms with van der Waals surface area (Å²) < 4.78 is 21.8. The zero-order valence-electron chi connectivity index (χ0n) is 36.2. The van der Waals surface area contributed by atoms with Crippen LogP contribution in [0, 0.1) is 0 Å². The Hall–Kier alpha value is -4.25. The second kappa shape index (κ2) is 10.9. The first kappa shape index (κ1) is 37.0. The maximum absolute atomic E-state index is 7.47. The van der Waals surface area contributed by atoms with E-state index in [0.29, 0.717) is 0 Å². The second-order valence-electron chi connectivity index (χ2n) is 22.0. The van der Waals surface area contributed by atoms with Gasteiger partial charge in [-0.05, 0) is 92.3 Å². The van der Waals surface area contributed by atoms with Gasteiger partial charge in [0.2, 0.25) is 0 Å². The third kappa shape index (κ3) is 4.90. The highest BCUT2D eigenvalue weighted by molar-refractivity contribution is 8.26. The number of benzene rings is 5. The Morgan fingerprint density at radius 2 is 0.789 bits per heavy atom. The van der Waals surface area contributed by atoms with Gasteiger partial charge < -0.3 is 24.0 Å². The van der Waals surface area contributed by atoms with Crippen LogP contribution in [0.4, 0.5) is 34.1 Å². The van der Waals surface area contributed by atoms with Crippen LogP contribution < -0.4 is 39.9 Å². The van der Waals surface area contributed by atoms with Crippen molar-refractivity contribution < 1.29 is 14.2 Å². The lowest BCUT2D eigenvalue weighted by Crippen LogP contribution is -2.47. The quantitative estimate of drug-likeness (QED) is 0.142. The van der Waals surface area contributed by atoms with E-state index in [1.807, 2.05) is 0 Å². The minimum atomic E-state index is -2.82. The van der Waals surface area contributed by atoms with Crippen LogP contribution in [0.1, 0.15) is 132 Å². The molecule has 10 rings (SSSR count). The molecule has 294 valence electrons. The number of hydrogen-bond acceptors (Lipinski definition) is 6. The predicted molar refractivity (Wildman–Crippen MR) is 243 cm³/mol. The molecule has 57 heavy (non-hydrogen) atoms. The van der Waals surface area contributed by atoms with Gasteiger partial charge in [0.1, 0.15) is 22.9 Å². The molecule has 5 aliphatic rings. The molecule has 0 spiro atoms. The third-order valence-corrected chi connectivity index (χ3v) is 17.4. The molecule has 0 saturated heterocycles. The maximum atomic E-state index is 7.47. The summed E-state index contributed by atoms with van der Waals surface area (Å²) in [4.78, 5) is 4.97. The fourth-order valence-corrected chi connectivity index (χ4v) is 14.4. The number of rotatable bonds is 0. The van der Waals surface area contributed by atoms with Crippen LogP contribution in [0.25, 0.3) is 0 Å². The lowest BCUT2D eigenvalue weighted by atomic mass is 9.83. The summed E-state index contributed by atoms with van der Waals surface area (Å²) in [7, 11) is 0. The zero-order valence-corrected chi connectivity index (χ0v) is 38.0. The molecule has 0 saturated carbocycles. The van der Waals surface area contributed by atoms with Crippen LogP contribution in [0.2, 0.25) is 0 Å². The molecule has 5 heterocycles. The lowest BCUT2D eigenvalue weighted by molar-refractivity contribution is 0.435. The first-order valence-electron chi connectivity index (χ1n) is 20.5. The highest BCUT2D eigenvalue weighted by Gasteiger charge is 2.56. The van der Waals surface area contributed by atoms with Gasteiger partial charge in [-0.2, -0.15) is 0 Å². The van der Waals surface area contributed by atoms with E-state index in [4.69, 9.17) is 26.0 Å². The maximum Gasteiger partial charge on any atom is 0.156 e. The molecule has 0 aromatic heterocycles. The Labute approximate surface area is 344 Å². The molecular weight excluding hydrogens is 740 g/mol. The summed E-state index contributed by atoms with van der Waals surface area (Å²) in [6.45, 7) is 34.1. The Bertz CT molecular complexity index is 2560. The minimum absolute atomic E-state index is 0.0515. The Balaban J connectivity index is 1.41. The van der Waals surface area contributed by atoms with E-state index in [0.717, 1.165) is 90.4 Å². The monoisotopic (exact) mass is 794 g/mol. The minimum Gasteiger partial charge on any atom is -0.456 e. The standard InChI is InChI=1S/C50H55N2O3PS/c1-46(2,3)26-16-18-31-35(22-26)54-41-29(49(10,11)12)24-37-44-39(41)51(31)33-20-28(48(7,8)9)21-34-43(33)56(44,57)45-38(53-37)25-30(50(13,14)15)42-40(45)52(34)32-19-17-27(47(4,5)6)23-36(32)55-42/h16-25H,1-15H3. The molecule has 0 radical (unpaired) electrons. The molecule has 0 fully saturated rings. The number of nitrogens with zero attached hydrogens (tertiary/aromatic N) is 2. The molecule has 0 amide bonds. The molecule has 5 aromatic rings. The van der Waals surface area contributed by atoms with Crippen molar-refractivity contribution >= 4 is 67.9 Å². The Morgan fingerprint density at radius 1 is 0.404 bits per heavy atom. The second-order valence-corrected chi connectivity index (χ2v) is 26.2. The van der Waals surface area contributed by atoms with E-state index in [9.17, 15) is 0 Å². The highest BCUT2D eigenvalue weighted by Crippen LogP contribution is 2.72. The van der Waals surface area contributed by atoms with Gasteiger partial charge in [-0.25, -0.2) is 0 Å². The van der Waals surface area contributed by atoms with E-state index < -0.39 is 6.04 Å². The number of ether oxygens (including phenoxy) is 3. The fraction of sp³-hybridized carbons (Fsp3) is 0.400. The first-order valence-corrected chi connectivity index (χ1v) is 23.3. The molecule has 7 heteroatoms. The molecule has 5 aromatic carbocycles. The first-order chi connectivity index (χ1) is 26.3. The summed E-state index contributed by atoms with van der Waals surface area (Å²) in [6.07, 6.45) is 0. The van der Waals surface area contributed by atoms with Crippen LogP contribution in [-0.4, -0.2) is 0 Å². The molecular formula is C50H55N2O3PS. The largest absolute Gasteiger partial charge is 0.456 e. The summed E-state index contributed by atoms with van der Waals surface area (Å²) in [5.41, 5.74) is 11.5. The van der Waals surface area contributed by atoms with Gasteiger partial charge >= 0.3 is 0 Å². The predicted octanol–water partition coefficient (Wildman–Crippen LogP) is 13.8. The van der Waals surface area contributed by atoms with Crippen molar-refractivity contribution in [1.29, 1.82) is 0 Å². The van der Waals surface area contributed by atoms with Gasteiger partial charge in [-0.15, -0.1) is 0 Å². The molecule has 0 atom stereocenters. The van der Waals surface area contributed by atoms with Gasteiger partial charge in [0.05, 0.1) is 39.4 Å². The Kier molecular flexibility index (Phi) is 7.06. The molecule has 5 nitrogen and oxygen atoms in total. The van der Waals surface area contributed by atoms with E-state index in [1.165, 1.54) is 22.0 Å². The van der Waals surface area contributed by atoms with Crippen LogP contribution in [0.5, 0.6) is 34.5 Å². The smallest absolute Gasteiger partial charge is 0.156 e. The third-order valence-electron chi connectivity index (χ3n) is 12.6. The summed E-state index contributed by atoms with van der Waals surface area (Å²) >= 11 is 7.47. The molecule has 0 N–H and O–H groups in total. The average Bonchev–Trinajstić information content (AvgIpc) is 3.08. The Morgan fingerprint density at radius 3 is 1.14 bits per heavy atom. The van der Waals surface area contributed by atoms with Crippen molar-refractivity contribution in [1.82, 2.24) is 0 Å². The normalized spacial score (nSPS) is 16.5. The average molecular weight is 795 g/mol. The van der Waals surface area contributed by atoms with Crippen molar-refractivity contribution in [2.45, 2.75) is 131 Å². The summed E-state index contributed by atoms with van der Waals surface area (Å²) in [6, 6.07) is 20.1. The zero-order chi connectivity index (χ0) is 40.9. The van der Waals surface area contributed by atoms with Gasteiger partial charge in [-0.1, -0.05) is 128 Å². The lowest BCUT2D eigenvalue weighted by Gasteiger charge is -2.52. The van der Waals surface area contributed by atoms with Crippen LogP contribution in [0.3, 0.4) is 0 Å². The van der Waals surface area contributed by atoms with Crippen molar-refractivity contribution in [2.24, 2.45) is 0 Å². The van der Waals surface area contributed by atoms with Gasteiger partial charge in [0.25, 0.3) is 0 Å². The van der Waals surface area contributed by atoms with Crippen LogP contribution >= 0.6 is 6.04 Å². The van der Waals surface area contributed by atoms with E-state index in [1.54, 1.807) is 0 Å². The molecule has 0 aliphatic carbocycles. The van der Waals surface area contributed by atoms with Gasteiger partial charge in [0.15, 0.2) is 23.0 Å². The van der Waals surface area contributed by atoms with Crippen LogP contribution in [-0.2, 0) is 38.9 Å². The van der Waals surface area contributed by atoms with E-state index in [-0.39, 0.29) is 27.1 Å².